The summed E-state index contributed by atoms with van der Waals surface area (Å²) in [4.78, 5) is 43.8. The Morgan fingerprint density at radius 3 is 2.41 bits per heavy atom. The Morgan fingerprint density at radius 1 is 0.892 bits per heavy atom. The largest absolute Gasteiger partial charge is 0.497 e. The van der Waals surface area contributed by atoms with Gasteiger partial charge in [-0.3, -0.25) is 19.3 Å². The summed E-state index contributed by atoms with van der Waals surface area (Å²) in [5, 5.41) is 6.26. The second-order valence-electron chi connectivity index (χ2n) is 9.21. The fourth-order valence-electron chi connectivity index (χ4n) is 4.91. The van der Waals surface area contributed by atoms with Crippen molar-refractivity contribution in [3.8, 4) is 5.75 Å². The van der Waals surface area contributed by atoms with Gasteiger partial charge in [0.25, 0.3) is 11.8 Å². The summed E-state index contributed by atoms with van der Waals surface area (Å²) in [5.74, 6) is 0.101. The van der Waals surface area contributed by atoms with Gasteiger partial charge < -0.3 is 20.3 Å². The van der Waals surface area contributed by atoms with E-state index in [0.29, 0.717) is 41.3 Å². The third-order valence-corrected chi connectivity index (χ3v) is 6.83. The van der Waals surface area contributed by atoms with Crippen molar-refractivity contribution in [3.05, 3.63) is 89.5 Å². The van der Waals surface area contributed by atoms with E-state index >= 15 is 0 Å². The summed E-state index contributed by atoms with van der Waals surface area (Å²) >= 11 is 0. The van der Waals surface area contributed by atoms with Gasteiger partial charge in [0.1, 0.15) is 5.75 Å². The van der Waals surface area contributed by atoms with Crippen LogP contribution in [0.3, 0.4) is 0 Å². The monoisotopic (exact) mass is 498 g/mol. The molecule has 2 aliphatic rings. The van der Waals surface area contributed by atoms with Gasteiger partial charge in [0.05, 0.1) is 30.9 Å². The number of benzene rings is 3. The summed E-state index contributed by atoms with van der Waals surface area (Å²) in [6.07, 6.45) is 0.970. The Labute approximate surface area is 216 Å². The molecule has 0 aliphatic carbocycles. The highest BCUT2D eigenvalue weighted by Crippen LogP contribution is 2.40. The van der Waals surface area contributed by atoms with E-state index in [-0.39, 0.29) is 24.1 Å². The molecule has 3 aromatic carbocycles. The number of carbonyl (C=O) groups excluding carboxylic acids is 3. The zero-order valence-corrected chi connectivity index (χ0v) is 20.8. The van der Waals surface area contributed by atoms with Gasteiger partial charge in [0, 0.05) is 30.8 Å². The number of methoxy groups -OCH3 is 1. The molecular formula is C29H30N4O4. The molecule has 1 atom stereocenters. The first kappa shape index (κ1) is 24.5. The number of carbonyl (C=O) groups is 3. The van der Waals surface area contributed by atoms with E-state index in [2.05, 4.69) is 10.6 Å². The maximum absolute atomic E-state index is 14.0. The molecule has 1 unspecified atom stereocenters. The van der Waals surface area contributed by atoms with Crippen LogP contribution in [-0.4, -0.2) is 55.9 Å². The summed E-state index contributed by atoms with van der Waals surface area (Å²) in [6, 6.07) is 21.1. The highest BCUT2D eigenvalue weighted by atomic mass is 16.5. The molecule has 190 valence electrons. The lowest BCUT2D eigenvalue weighted by atomic mass is 9.99. The van der Waals surface area contributed by atoms with Crippen LogP contribution in [0, 0.1) is 0 Å². The van der Waals surface area contributed by atoms with Gasteiger partial charge in [0.2, 0.25) is 5.91 Å². The number of ether oxygens (including phenoxy) is 1. The molecule has 2 aliphatic heterocycles. The molecule has 2 heterocycles. The van der Waals surface area contributed by atoms with E-state index in [1.54, 1.807) is 54.5 Å². The zero-order valence-electron chi connectivity index (χ0n) is 20.8. The first-order valence-electron chi connectivity index (χ1n) is 12.5. The first-order chi connectivity index (χ1) is 18.0. The minimum atomic E-state index is -0.518. The highest BCUT2D eigenvalue weighted by molar-refractivity contribution is 6.12. The average Bonchev–Trinajstić information content (AvgIpc) is 3.30. The van der Waals surface area contributed by atoms with Crippen molar-refractivity contribution in [3.63, 3.8) is 0 Å². The second-order valence-corrected chi connectivity index (χ2v) is 9.21. The highest BCUT2D eigenvalue weighted by Gasteiger charge is 2.34. The van der Waals surface area contributed by atoms with Crippen LogP contribution in [0.1, 0.15) is 45.2 Å². The number of nitrogens with one attached hydrogen (secondary N) is 2. The molecule has 0 aromatic heterocycles. The van der Waals surface area contributed by atoms with E-state index in [1.165, 1.54) is 0 Å². The Hall–Kier alpha value is -4.17. The third kappa shape index (κ3) is 5.20. The maximum Gasteiger partial charge on any atom is 0.258 e. The Bertz CT molecular complexity index is 1290. The van der Waals surface area contributed by atoms with Gasteiger partial charge in [-0.2, -0.15) is 0 Å². The maximum atomic E-state index is 14.0. The summed E-state index contributed by atoms with van der Waals surface area (Å²) in [7, 11) is 1.58. The Balaban J connectivity index is 1.57. The van der Waals surface area contributed by atoms with Crippen LogP contribution in [-0.2, 0) is 4.79 Å². The van der Waals surface area contributed by atoms with Crippen LogP contribution >= 0.6 is 0 Å². The molecule has 5 rings (SSSR count). The van der Waals surface area contributed by atoms with Crippen molar-refractivity contribution >= 4 is 29.1 Å². The number of nitrogens with zero attached hydrogens (tertiary/aromatic N) is 2. The normalized spacial score (nSPS) is 17.8. The Morgan fingerprint density at radius 2 is 1.65 bits per heavy atom. The molecule has 2 N–H and O–H groups in total. The second kappa shape index (κ2) is 10.8. The quantitative estimate of drug-likeness (QED) is 0.570. The van der Waals surface area contributed by atoms with Crippen molar-refractivity contribution in [1.29, 1.82) is 0 Å². The van der Waals surface area contributed by atoms with Gasteiger partial charge >= 0.3 is 0 Å². The fourth-order valence-corrected chi connectivity index (χ4v) is 4.91. The molecular weight excluding hydrogens is 468 g/mol. The van der Waals surface area contributed by atoms with Gasteiger partial charge in [-0.15, -0.1) is 0 Å². The molecule has 3 amide bonds. The van der Waals surface area contributed by atoms with Crippen molar-refractivity contribution in [2.24, 2.45) is 0 Å². The molecule has 3 aromatic rings. The van der Waals surface area contributed by atoms with Crippen molar-refractivity contribution in [2.45, 2.75) is 18.9 Å². The summed E-state index contributed by atoms with van der Waals surface area (Å²) in [5.41, 5.74) is 2.80. The van der Waals surface area contributed by atoms with Crippen molar-refractivity contribution < 1.29 is 19.1 Å². The SMILES string of the molecule is COc1ccc(C(=O)N2c3ccc(C(=O)N4CCCNCC4)cc3NC(=O)CC2c2ccccc2)cc1. The number of fused-ring (bicyclic) bond motifs is 1. The number of rotatable bonds is 4. The first-order valence-corrected chi connectivity index (χ1v) is 12.5. The molecule has 8 heteroatoms. The molecule has 0 bridgehead atoms. The number of anilines is 2. The number of hydrogen-bond donors (Lipinski definition) is 2. The predicted octanol–water partition coefficient (Wildman–Crippen LogP) is 3.86. The lowest BCUT2D eigenvalue weighted by Crippen LogP contribution is -2.35. The van der Waals surface area contributed by atoms with Crippen LogP contribution in [0.2, 0.25) is 0 Å². The van der Waals surface area contributed by atoms with Crippen LogP contribution in [0.4, 0.5) is 11.4 Å². The summed E-state index contributed by atoms with van der Waals surface area (Å²) < 4.78 is 5.25. The van der Waals surface area contributed by atoms with E-state index < -0.39 is 6.04 Å². The van der Waals surface area contributed by atoms with E-state index in [9.17, 15) is 14.4 Å². The predicted molar refractivity (Wildman–Crippen MR) is 142 cm³/mol. The van der Waals surface area contributed by atoms with Gasteiger partial charge in [-0.1, -0.05) is 30.3 Å². The van der Waals surface area contributed by atoms with E-state index in [1.807, 2.05) is 35.2 Å². The third-order valence-electron chi connectivity index (χ3n) is 6.83. The van der Waals surface area contributed by atoms with Crippen molar-refractivity contribution in [1.82, 2.24) is 10.2 Å². The molecule has 1 fully saturated rings. The van der Waals surface area contributed by atoms with Gasteiger partial charge in [-0.05, 0) is 61.0 Å². The lowest BCUT2D eigenvalue weighted by Gasteiger charge is -2.31. The smallest absolute Gasteiger partial charge is 0.258 e. The van der Waals surface area contributed by atoms with E-state index in [0.717, 1.165) is 25.1 Å². The van der Waals surface area contributed by atoms with Crippen LogP contribution in [0.15, 0.2) is 72.8 Å². The average molecular weight is 499 g/mol. The minimum Gasteiger partial charge on any atom is -0.497 e. The molecule has 0 saturated carbocycles. The topological polar surface area (TPSA) is 91.0 Å². The summed E-state index contributed by atoms with van der Waals surface area (Å²) in [6.45, 7) is 2.93. The van der Waals surface area contributed by atoms with E-state index in [4.69, 9.17) is 4.74 Å². The van der Waals surface area contributed by atoms with Gasteiger partial charge in [-0.25, -0.2) is 0 Å². The van der Waals surface area contributed by atoms with Crippen LogP contribution < -0.4 is 20.3 Å². The molecule has 8 nitrogen and oxygen atoms in total. The lowest BCUT2D eigenvalue weighted by molar-refractivity contribution is -0.116. The fraction of sp³-hybridized carbons (Fsp3) is 0.276. The molecule has 0 radical (unpaired) electrons. The minimum absolute atomic E-state index is 0.0850. The van der Waals surface area contributed by atoms with Gasteiger partial charge in [0.15, 0.2) is 0 Å². The Kier molecular flexibility index (Phi) is 7.18. The number of amides is 3. The van der Waals surface area contributed by atoms with Crippen LogP contribution in [0.25, 0.3) is 0 Å². The molecule has 37 heavy (non-hydrogen) atoms. The molecule has 1 saturated heterocycles. The van der Waals surface area contributed by atoms with Crippen molar-refractivity contribution in [2.75, 3.05) is 43.5 Å². The standard InChI is InChI=1S/C29H30N4O4/c1-37-23-11-8-21(9-12-23)29(36)33-25-13-10-22(28(35)32-16-5-14-30-15-17-32)18-24(25)31-27(34)19-26(33)20-6-3-2-4-7-20/h2-4,6-13,18,26,30H,5,14-17,19H2,1H3,(H,31,34). The van der Waals surface area contributed by atoms with Crippen LogP contribution in [0.5, 0.6) is 5.75 Å². The number of hydrogen-bond acceptors (Lipinski definition) is 5. The zero-order chi connectivity index (χ0) is 25.8. The molecule has 0 spiro atoms.